The molecule has 0 amide bonds. The van der Waals surface area contributed by atoms with Gasteiger partial charge in [0.25, 0.3) is 0 Å². The quantitative estimate of drug-likeness (QED) is 0.439. The molecule has 4 heteroatoms. The molecule has 1 heterocycles. The van der Waals surface area contributed by atoms with Crippen LogP contribution in [-0.4, -0.2) is 22.3 Å². The van der Waals surface area contributed by atoms with Crippen molar-refractivity contribution in [2.75, 3.05) is 12.3 Å². The third-order valence-corrected chi connectivity index (χ3v) is 2.95. The van der Waals surface area contributed by atoms with Crippen LogP contribution in [0.4, 0.5) is 0 Å². The Hall–Kier alpha value is -0.610. The summed E-state index contributed by atoms with van der Waals surface area (Å²) < 4.78 is 0. The number of nitrogens with zero attached hydrogens (tertiary/aromatic N) is 2. The van der Waals surface area contributed by atoms with Gasteiger partial charge < -0.3 is 5.32 Å². The topological polar surface area (TPSA) is 37.8 Å². The summed E-state index contributed by atoms with van der Waals surface area (Å²) in [6.45, 7) is 6.24. The van der Waals surface area contributed by atoms with Crippen molar-refractivity contribution < 1.29 is 0 Å². The fourth-order valence-electron chi connectivity index (χ4n) is 1.11. The van der Waals surface area contributed by atoms with Gasteiger partial charge in [-0.2, -0.15) is 0 Å². The first-order chi connectivity index (χ1) is 7.36. The molecule has 1 N–H and O–H groups in total. The maximum absolute atomic E-state index is 4.31. The highest BCUT2D eigenvalue weighted by molar-refractivity contribution is 7.99. The maximum atomic E-state index is 4.31. The average Bonchev–Trinajstić information content (AvgIpc) is 2.28. The van der Waals surface area contributed by atoms with Gasteiger partial charge in [-0.25, -0.2) is 9.97 Å². The zero-order chi connectivity index (χ0) is 10.9. The standard InChI is InChI=1S/C11H19N3S/c1-3-5-12-7-10-8-13-11(14-9-10)15-6-4-2/h8-9,12H,3-7H2,1-2H3. The van der Waals surface area contributed by atoms with Crippen molar-refractivity contribution >= 4 is 11.8 Å². The van der Waals surface area contributed by atoms with Crippen LogP contribution in [0.15, 0.2) is 17.6 Å². The van der Waals surface area contributed by atoms with Crippen LogP contribution in [0, 0.1) is 0 Å². The Kier molecular flexibility index (Phi) is 6.36. The Balaban J connectivity index is 2.35. The molecule has 15 heavy (non-hydrogen) atoms. The van der Waals surface area contributed by atoms with Gasteiger partial charge in [-0.15, -0.1) is 0 Å². The van der Waals surface area contributed by atoms with Crippen molar-refractivity contribution in [2.24, 2.45) is 0 Å². The first-order valence-corrected chi connectivity index (χ1v) is 6.49. The van der Waals surface area contributed by atoms with Crippen molar-refractivity contribution in [3.05, 3.63) is 18.0 Å². The molecule has 3 nitrogen and oxygen atoms in total. The maximum Gasteiger partial charge on any atom is 0.187 e. The number of hydrogen-bond acceptors (Lipinski definition) is 4. The summed E-state index contributed by atoms with van der Waals surface area (Å²) in [6.07, 6.45) is 6.14. The number of nitrogens with one attached hydrogen (secondary N) is 1. The second-order valence-electron chi connectivity index (χ2n) is 3.40. The van der Waals surface area contributed by atoms with E-state index in [0.29, 0.717) is 0 Å². The molecule has 0 atom stereocenters. The molecule has 0 aliphatic carbocycles. The molecule has 84 valence electrons. The molecule has 1 rings (SSSR count). The smallest absolute Gasteiger partial charge is 0.187 e. The van der Waals surface area contributed by atoms with Crippen molar-refractivity contribution in [3.8, 4) is 0 Å². The van der Waals surface area contributed by atoms with Crippen LogP contribution in [0.1, 0.15) is 32.3 Å². The third kappa shape index (κ3) is 5.14. The van der Waals surface area contributed by atoms with Crippen LogP contribution in [0.5, 0.6) is 0 Å². The Bertz CT molecular complexity index is 261. The molecule has 0 aliphatic rings. The van der Waals surface area contributed by atoms with E-state index in [2.05, 4.69) is 29.1 Å². The van der Waals surface area contributed by atoms with Crippen LogP contribution < -0.4 is 5.32 Å². The van der Waals surface area contributed by atoms with E-state index in [-0.39, 0.29) is 0 Å². The van der Waals surface area contributed by atoms with Gasteiger partial charge in [0, 0.05) is 30.3 Å². The van der Waals surface area contributed by atoms with Gasteiger partial charge in [0.05, 0.1) is 0 Å². The van der Waals surface area contributed by atoms with Crippen LogP contribution in [0.3, 0.4) is 0 Å². The van der Waals surface area contributed by atoms with Gasteiger partial charge in [-0.05, 0) is 19.4 Å². The molecule has 0 spiro atoms. The monoisotopic (exact) mass is 225 g/mol. The molecule has 1 aromatic rings. The molecule has 0 fully saturated rings. The highest BCUT2D eigenvalue weighted by Gasteiger charge is 1.97. The van der Waals surface area contributed by atoms with Gasteiger partial charge in [0.1, 0.15) is 0 Å². The summed E-state index contributed by atoms with van der Waals surface area (Å²) in [4.78, 5) is 8.61. The molecule has 0 bridgehead atoms. The van der Waals surface area contributed by atoms with Gasteiger partial charge >= 0.3 is 0 Å². The number of aromatic nitrogens is 2. The number of thioether (sulfide) groups is 1. The van der Waals surface area contributed by atoms with E-state index in [1.165, 1.54) is 0 Å². The number of rotatable bonds is 7. The van der Waals surface area contributed by atoms with Crippen molar-refractivity contribution in [2.45, 2.75) is 38.4 Å². The second-order valence-corrected chi connectivity index (χ2v) is 4.46. The lowest BCUT2D eigenvalue weighted by Gasteiger charge is -2.03. The van der Waals surface area contributed by atoms with Gasteiger partial charge in [0.2, 0.25) is 0 Å². The lowest BCUT2D eigenvalue weighted by molar-refractivity contribution is 0.669. The van der Waals surface area contributed by atoms with E-state index in [9.17, 15) is 0 Å². The van der Waals surface area contributed by atoms with E-state index < -0.39 is 0 Å². The Morgan fingerprint density at radius 3 is 2.53 bits per heavy atom. The normalized spacial score (nSPS) is 10.5. The molecule has 0 aromatic carbocycles. The van der Waals surface area contributed by atoms with Crippen molar-refractivity contribution in [1.82, 2.24) is 15.3 Å². The first-order valence-electron chi connectivity index (χ1n) is 5.51. The van der Waals surface area contributed by atoms with Gasteiger partial charge in [0.15, 0.2) is 5.16 Å². The summed E-state index contributed by atoms with van der Waals surface area (Å²) in [5.41, 5.74) is 1.16. The minimum Gasteiger partial charge on any atom is -0.313 e. The Labute approximate surface area is 96.1 Å². The molecule has 0 unspecified atom stereocenters. The highest BCUT2D eigenvalue weighted by Crippen LogP contribution is 2.12. The van der Waals surface area contributed by atoms with E-state index in [4.69, 9.17) is 0 Å². The SMILES string of the molecule is CCCNCc1cnc(SCCC)nc1. The van der Waals surface area contributed by atoms with Crippen LogP contribution in [0.25, 0.3) is 0 Å². The van der Waals surface area contributed by atoms with Crippen molar-refractivity contribution in [3.63, 3.8) is 0 Å². The van der Waals surface area contributed by atoms with Crippen molar-refractivity contribution in [1.29, 1.82) is 0 Å². The molecule has 0 saturated heterocycles. The van der Waals surface area contributed by atoms with Gasteiger partial charge in [-0.1, -0.05) is 25.6 Å². The Morgan fingerprint density at radius 2 is 1.93 bits per heavy atom. The van der Waals surface area contributed by atoms with Gasteiger partial charge in [-0.3, -0.25) is 0 Å². The molecule has 0 aliphatic heterocycles. The summed E-state index contributed by atoms with van der Waals surface area (Å²) >= 11 is 1.71. The van der Waals surface area contributed by atoms with Crippen LogP contribution in [-0.2, 0) is 6.54 Å². The molecule has 0 radical (unpaired) electrons. The predicted octanol–water partition coefficient (Wildman–Crippen LogP) is 2.48. The summed E-state index contributed by atoms with van der Waals surface area (Å²) in [7, 11) is 0. The molecular formula is C11H19N3S. The summed E-state index contributed by atoms with van der Waals surface area (Å²) in [6, 6.07) is 0. The highest BCUT2D eigenvalue weighted by atomic mass is 32.2. The zero-order valence-electron chi connectivity index (χ0n) is 9.49. The molecular weight excluding hydrogens is 206 g/mol. The third-order valence-electron chi connectivity index (χ3n) is 1.87. The zero-order valence-corrected chi connectivity index (χ0v) is 10.3. The lowest BCUT2D eigenvalue weighted by atomic mass is 10.3. The Morgan fingerprint density at radius 1 is 1.20 bits per heavy atom. The second kappa shape index (κ2) is 7.65. The summed E-state index contributed by atoms with van der Waals surface area (Å²) in [5, 5.41) is 4.21. The van der Waals surface area contributed by atoms with E-state index in [1.54, 1.807) is 11.8 Å². The average molecular weight is 225 g/mol. The summed E-state index contributed by atoms with van der Waals surface area (Å²) in [5.74, 6) is 1.09. The minimum absolute atomic E-state index is 0.868. The number of hydrogen-bond donors (Lipinski definition) is 1. The van der Waals surface area contributed by atoms with E-state index in [1.807, 2.05) is 12.4 Å². The minimum atomic E-state index is 0.868. The first kappa shape index (κ1) is 12.5. The lowest BCUT2D eigenvalue weighted by Crippen LogP contribution is -2.14. The van der Waals surface area contributed by atoms with E-state index >= 15 is 0 Å². The van der Waals surface area contributed by atoms with Crippen LogP contribution >= 0.6 is 11.8 Å². The fourth-order valence-corrected chi connectivity index (χ4v) is 1.75. The predicted molar refractivity (Wildman–Crippen MR) is 65.0 cm³/mol. The molecule has 1 aromatic heterocycles. The largest absolute Gasteiger partial charge is 0.313 e. The van der Waals surface area contributed by atoms with E-state index in [0.717, 1.165) is 42.4 Å². The molecule has 0 saturated carbocycles. The van der Waals surface area contributed by atoms with Crippen LogP contribution in [0.2, 0.25) is 0 Å². The fraction of sp³-hybridized carbons (Fsp3) is 0.636.